The topological polar surface area (TPSA) is 96.0 Å². The molecule has 1 atom stereocenters. The number of carbonyl (C=O) groups excluding carboxylic acids is 4. The van der Waals surface area contributed by atoms with Crippen molar-refractivity contribution in [2.45, 2.75) is 12.5 Å². The van der Waals surface area contributed by atoms with Gasteiger partial charge in [0.25, 0.3) is 17.7 Å². The molecule has 4 rings (SSSR count). The molecular formula is C21H19N3O5. The van der Waals surface area contributed by atoms with Crippen LogP contribution in [0.2, 0.25) is 0 Å². The zero-order valence-corrected chi connectivity index (χ0v) is 15.8. The van der Waals surface area contributed by atoms with E-state index in [9.17, 15) is 19.2 Å². The van der Waals surface area contributed by atoms with Crippen LogP contribution in [0.1, 0.15) is 27.1 Å². The van der Waals surface area contributed by atoms with Crippen molar-refractivity contribution in [2.24, 2.45) is 0 Å². The number of amides is 4. The van der Waals surface area contributed by atoms with Gasteiger partial charge in [0, 0.05) is 20.0 Å². The molecule has 0 fully saturated rings. The molecule has 0 aliphatic carbocycles. The van der Waals surface area contributed by atoms with E-state index in [2.05, 4.69) is 5.32 Å². The third-order valence-electron chi connectivity index (χ3n) is 5.04. The van der Waals surface area contributed by atoms with E-state index in [1.807, 2.05) is 0 Å². The molecule has 0 bridgehead atoms. The zero-order valence-electron chi connectivity index (χ0n) is 15.8. The highest BCUT2D eigenvalue weighted by atomic mass is 16.5. The number of rotatable bonds is 4. The van der Waals surface area contributed by atoms with Gasteiger partial charge in [-0.25, -0.2) is 0 Å². The first-order chi connectivity index (χ1) is 14.0. The van der Waals surface area contributed by atoms with Crippen LogP contribution >= 0.6 is 0 Å². The Balaban J connectivity index is 1.51. The predicted molar refractivity (Wildman–Crippen MR) is 104 cm³/mol. The lowest BCUT2D eigenvalue weighted by Crippen LogP contribution is -2.50. The number of ether oxygens (including phenoxy) is 1. The number of nitrogens with zero attached hydrogens (tertiary/aromatic N) is 2. The highest BCUT2D eigenvalue weighted by molar-refractivity contribution is 6.21. The van der Waals surface area contributed by atoms with Crippen LogP contribution in [-0.2, 0) is 9.59 Å². The summed E-state index contributed by atoms with van der Waals surface area (Å²) in [5.41, 5.74) is 1.25. The molecule has 148 valence electrons. The number of hydrogen-bond acceptors (Lipinski definition) is 5. The number of para-hydroxylation sites is 2. The Morgan fingerprint density at radius 3 is 2.31 bits per heavy atom. The molecule has 2 heterocycles. The summed E-state index contributed by atoms with van der Waals surface area (Å²) in [6, 6.07) is 13.5. The summed E-state index contributed by atoms with van der Waals surface area (Å²) in [5, 5.41) is 2.52. The standard InChI is InChI=1S/C21H19N3O5/c1-22-19(26)17-12-24(15-8-4-5-9-16(15)29-17)18(25)10-11-23-20(27)13-6-2-3-7-14(13)21(23)28/h2-9,17H,10-12H2,1H3,(H,22,26)/t17-/m0/s1. The van der Waals surface area contributed by atoms with E-state index in [0.29, 0.717) is 22.6 Å². The fourth-order valence-corrected chi connectivity index (χ4v) is 3.55. The third kappa shape index (κ3) is 3.22. The van der Waals surface area contributed by atoms with Crippen molar-refractivity contribution < 1.29 is 23.9 Å². The number of imide groups is 1. The minimum atomic E-state index is -0.835. The average Bonchev–Trinajstić information content (AvgIpc) is 3.00. The fraction of sp³-hybridized carbons (Fsp3) is 0.238. The molecule has 2 aromatic rings. The number of carbonyl (C=O) groups is 4. The van der Waals surface area contributed by atoms with Gasteiger partial charge in [-0.15, -0.1) is 0 Å². The van der Waals surface area contributed by atoms with E-state index in [1.165, 1.54) is 11.9 Å². The number of nitrogens with one attached hydrogen (secondary N) is 1. The van der Waals surface area contributed by atoms with Crippen molar-refractivity contribution in [3.63, 3.8) is 0 Å². The molecule has 2 aromatic carbocycles. The Hall–Kier alpha value is -3.68. The molecular weight excluding hydrogens is 374 g/mol. The normalized spacial score (nSPS) is 17.5. The molecule has 1 N–H and O–H groups in total. The summed E-state index contributed by atoms with van der Waals surface area (Å²) in [6.45, 7) is 0.0208. The van der Waals surface area contributed by atoms with Crippen LogP contribution in [0, 0.1) is 0 Å². The smallest absolute Gasteiger partial charge is 0.262 e. The van der Waals surface area contributed by atoms with Crippen LogP contribution < -0.4 is 15.0 Å². The van der Waals surface area contributed by atoms with Gasteiger partial charge in [0.15, 0.2) is 6.10 Å². The molecule has 2 aliphatic heterocycles. The van der Waals surface area contributed by atoms with E-state index in [0.717, 1.165) is 4.90 Å². The average molecular weight is 393 g/mol. The molecule has 29 heavy (non-hydrogen) atoms. The molecule has 8 heteroatoms. The van der Waals surface area contributed by atoms with Crippen molar-refractivity contribution in [1.82, 2.24) is 10.2 Å². The number of benzene rings is 2. The molecule has 0 radical (unpaired) electrons. The van der Waals surface area contributed by atoms with Crippen LogP contribution in [0.4, 0.5) is 5.69 Å². The minimum Gasteiger partial charge on any atom is -0.477 e. The number of hydrogen-bond donors (Lipinski definition) is 1. The molecule has 4 amide bonds. The number of likely N-dealkylation sites (N-methyl/N-ethyl adjacent to an activating group) is 1. The lowest BCUT2D eigenvalue weighted by Gasteiger charge is -2.34. The first-order valence-electron chi connectivity index (χ1n) is 9.24. The van der Waals surface area contributed by atoms with Crippen LogP contribution in [0.25, 0.3) is 0 Å². The summed E-state index contributed by atoms with van der Waals surface area (Å²) in [5.74, 6) is -1.00. The van der Waals surface area contributed by atoms with E-state index >= 15 is 0 Å². The second kappa shape index (κ2) is 7.38. The maximum atomic E-state index is 12.9. The van der Waals surface area contributed by atoms with Gasteiger partial charge in [-0.1, -0.05) is 24.3 Å². The molecule has 0 unspecified atom stereocenters. The van der Waals surface area contributed by atoms with Gasteiger partial charge in [0.1, 0.15) is 5.75 Å². The molecule has 8 nitrogen and oxygen atoms in total. The van der Waals surface area contributed by atoms with E-state index in [-0.39, 0.29) is 31.3 Å². The van der Waals surface area contributed by atoms with Gasteiger partial charge in [-0.05, 0) is 24.3 Å². The quantitative estimate of drug-likeness (QED) is 0.788. The van der Waals surface area contributed by atoms with Crippen LogP contribution in [0.5, 0.6) is 5.75 Å². The van der Waals surface area contributed by atoms with E-state index in [4.69, 9.17) is 4.74 Å². The van der Waals surface area contributed by atoms with Gasteiger partial charge in [0.05, 0.1) is 23.4 Å². The third-order valence-corrected chi connectivity index (χ3v) is 5.04. The van der Waals surface area contributed by atoms with Crippen molar-refractivity contribution in [3.8, 4) is 5.75 Å². The van der Waals surface area contributed by atoms with Crippen molar-refractivity contribution in [3.05, 3.63) is 59.7 Å². The second-order valence-corrected chi connectivity index (χ2v) is 6.75. The van der Waals surface area contributed by atoms with Gasteiger partial charge >= 0.3 is 0 Å². The summed E-state index contributed by atoms with van der Waals surface area (Å²) in [6.07, 6.45) is -0.890. The van der Waals surface area contributed by atoms with Crippen molar-refractivity contribution in [1.29, 1.82) is 0 Å². The van der Waals surface area contributed by atoms with Crippen LogP contribution in [0.3, 0.4) is 0 Å². The Kier molecular flexibility index (Phi) is 4.75. The van der Waals surface area contributed by atoms with Gasteiger partial charge in [0.2, 0.25) is 5.91 Å². The molecule has 0 saturated heterocycles. The lowest BCUT2D eigenvalue weighted by molar-refractivity contribution is -0.127. The Morgan fingerprint density at radius 1 is 1.03 bits per heavy atom. The maximum Gasteiger partial charge on any atom is 0.262 e. The van der Waals surface area contributed by atoms with Crippen molar-refractivity contribution in [2.75, 3.05) is 25.0 Å². The van der Waals surface area contributed by atoms with Crippen LogP contribution in [-0.4, -0.2) is 54.8 Å². The Labute approximate surface area is 167 Å². The zero-order chi connectivity index (χ0) is 20.5. The summed E-state index contributed by atoms with van der Waals surface area (Å²) in [7, 11) is 1.50. The molecule has 0 saturated carbocycles. The minimum absolute atomic E-state index is 0.0324. The SMILES string of the molecule is CNC(=O)[C@@H]1CN(C(=O)CCN2C(=O)c3ccccc3C2=O)c2ccccc2O1. The summed E-state index contributed by atoms with van der Waals surface area (Å²) >= 11 is 0. The molecule has 0 spiro atoms. The fourth-order valence-electron chi connectivity index (χ4n) is 3.55. The predicted octanol–water partition coefficient (Wildman–Crippen LogP) is 1.21. The number of fused-ring (bicyclic) bond motifs is 2. The van der Waals surface area contributed by atoms with Gasteiger partial charge < -0.3 is 15.0 Å². The highest BCUT2D eigenvalue weighted by Crippen LogP contribution is 2.33. The van der Waals surface area contributed by atoms with E-state index in [1.54, 1.807) is 48.5 Å². The largest absolute Gasteiger partial charge is 0.477 e. The maximum absolute atomic E-state index is 12.9. The van der Waals surface area contributed by atoms with Crippen LogP contribution in [0.15, 0.2) is 48.5 Å². The van der Waals surface area contributed by atoms with Gasteiger partial charge in [-0.3, -0.25) is 24.1 Å². The molecule has 2 aliphatic rings. The van der Waals surface area contributed by atoms with Gasteiger partial charge in [-0.2, -0.15) is 0 Å². The lowest BCUT2D eigenvalue weighted by atomic mass is 10.1. The monoisotopic (exact) mass is 393 g/mol. The first kappa shape index (κ1) is 18.7. The summed E-state index contributed by atoms with van der Waals surface area (Å²) < 4.78 is 5.69. The molecule has 0 aromatic heterocycles. The number of anilines is 1. The first-order valence-corrected chi connectivity index (χ1v) is 9.24. The summed E-state index contributed by atoms with van der Waals surface area (Å²) in [4.78, 5) is 52.5. The Morgan fingerprint density at radius 2 is 1.66 bits per heavy atom. The highest BCUT2D eigenvalue weighted by Gasteiger charge is 2.37. The Bertz CT molecular complexity index is 984. The second-order valence-electron chi connectivity index (χ2n) is 6.75. The van der Waals surface area contributed by atoms with Crippen molar-refractivity contribution >= 4 is 29.3 Å². The van der Waals surface area contributed by atoms with E-state index < -0.39 is 17.9 Å².